The number of rotatable bonds is 8. The van der Waals surface area contributed by atoms with Crippen molar-refractivity contribution in [3.8, 4) is 11.4 Å². The zero-order chi connectivity index (χ0) is 23.9. The third kappa shape index (κ3) is 5.44. The number of carbonyl (C=O) groups excluding carboxylic acids is 1. The number of carbonyl (C=O) groups is 1. The molecule has 0 aliphatic carbocycles. The molecule has 2 heterocycles. The summed E-state index contributed by atoms with van der Waals surface area (Å²) < 4.78 is 12.0. The molecule has 0 aliphatic rings. The van der Waals surface area contributed by atoms with Crippen molar-refractivity contribution in [2.24, 2.45) is 5.10 Å². The van der Waals surface area contributed by atoms with Crippen molar-refractivity contribution in [2.45, 2.75) is 12.1 Å². The zero-order valence-electron chi connectivity index (χ0n) is 18.6. The second-order valence-electron chi connectivity index (χ2n) is 7.24. The van der Waals surface area contributed by atoms with Crippen LogP contribution in [0.1, 0.15) is 12.7 Å². The maximum absolute atomic E-state index is 13.3. The van der Waals surface area contributed by atoms with E-state index in [1.54, 1.807) is 68.0 Å². The quantitative estimate of drug-likeness (QED) is 0.177. The normalized spacial score (nSPS) is 11.8. The van der Waals surface area contributed by atoms with E-state index in [1.807, 2.05) is 19.1 Å². The van der Waals surface area contributed by atoms with Gasteiger partial charge in [0.2, 0.25) is 0 Å². The predicted octanol–water partition coefficient (Wildman–Crippen LogP) is 4.28. The number of para-hydroxylation sites is 1. The Morgan fingerprint density at radius 3 is 2.71 bits per heavy atom. The van der Waals surface area contributed by atoms with E-state index in [0.717, 1.165) is 17.3 Å². The molecule has 172 valence electrons. The molecule has 1 amide bonds. The van der Waals surface area contributed by atoms with Crippen molar-refractivity contribution in [1.29, 1.82) is 0 Å². The van der Waals surface area contributed by atoms with Gasteiger partial charge in [0.25, 0.3) is 11.5 Å². The fourth-order valence-corrected chi connectivity index (χ4v) is 3.98. The third-order valence-corrected chi connectivity index (χ3v) is 5.72. The Hall–Kier alpha value is -4.11. The summed E-state index contributed by atoms with van der Waals surface area (Å²) in [6.45, 7) is 1.85. The predicted molar refractivity (Wildman–Crippen MR) is 134 cm³/mol. The van der Waals surface area contributed by atoms with Crippen molar-refractivity contribution in [1.82, 2.24) is 15.0 Å². The van der Waals surface area contributed by atoms with E-state index in [2.05, 4.69) is 15.5 Å². The minimum atomic E-state index is -0.323. The number of amides is 1. The standard InChI is InChI=1S/C25H22N4O4S/c1-17(14-20-6-5-13-33-20)15-26-28-23(30)16-34-25-27-22-8-4-3-7-21(22)24(31)29(25)18-9-11-19(32-2)12-10-18/h3-15H,16H2,1-2H3,(H,28,30)/b17-14-,26-15+. The lowest BCUT2D eigenvalue weighted by molar-refractivity contribution is -0.118. The van der Waals surface area contributed by atoms with Crippen molar-refractivity contribution >= 4 is 40.9 Å². The van der Waals surface area contributed by atoms with Gasteiger partial charge < -0.3 is 9.15 Å². The van der Waals surface area contributed by atoms with Crippen molar-refractivity contribution in [3.05, 3.63) is 88.6 Å². The van der Waals surface area contributed by atoms with E-state index < -0.39 is 0 Å². The van der Waals surface area contributed by atoms with Crippen molar-refractivity contribution in [2.75, 3.05) is 12.9 Å². The highest BCUT2D eigenvalue weighted by molar-refractivity contribution is 7.99. The van der Waals surface area contributed by atoms with Crippen LogP contribution in [0.2, 0.25) is 0 Å². The van der Waals surface area contributed by atoms with Crippen LogP contribution in [0.25, 0.3) is 22.7 Å². The average molecular weight is 475 g/mol. The topological polar surface area (TPSA) is 98.7 Å². The Kier molecular flexibility index (Phi) is 7.24. The van der Waals surface area contributed by atoms with Crippen LogP contribution >= 0.6 is 11.8 Å². The number of thioether (sulfide) groups is 1. The van der Waals surface area contributed by atoms with Crippen LogP contribution in [0.15, 0.2) is 92.0 Å². The van der Waals surface area contributed by atoms with Crippen LogP contribution in [0, 0.1) is 0 Å². The molecule has 0 saturated heterocycles. The molecule has 34 heavy (non-hydrogen) atoms. The number of nitrogens with one attached hydrogen (secondary N) is 1. The first-order valence-electron chi connectivity index (χ1n) is 10.4. The van der Waals surface area contributed by atoms with E-state index in [4.69, 9.17) is 9.15 Å². The second-order valence-corrected chi connectivity index (χ2v) is 8.18. The third-order valence-electron chi connectivity index (χ3n) is 4.78. The number of hydrazone groups is 1. The van der Waals surface area contributed by atoms with Crippen LogP contribution in [-0.4, -0.2) is 34.5 Å². The van der Waals surface area contributed by atoms with Gasteiger partial charge in [-0.15, -0.1) is 0 Å². The lowest BCUT2D eigenvalue weighted by Gasteiger charge is -2.13. The number of ether oxygens (including phenoxy) is 1. The fraction of sp³-hybridized carbons (Fsp3) is 0.120. The largest absolute Gasteiger partial charge is 0.497 e. The van der Waals surface area contributed by atoms with Gasteiger partial charge in [-0.3, -0.25) is 14.2 Å². The molecule has 9 heteroatoms. The fourth-order valence-electron chi connectivity index (χ4n) is 3.17. The summed E-state index contributed by atoms with van der Waals surface area (Å²) in [5.74, 6) is 1.08. The molecule has 0 spiro atoms. The highest BCUT2D eigenvalue weighted by Crippen LogP contribution is 2.22. The summed E-state index contributed by atoms with van der Waals surface area (Å²) in [5, 5.41) is 4.88. The van der Waals surface area contributed by atoms with Crippen LogP contribution < -0.4 is 15.7 Å². The first kappa shape index (κ1) is 23.1. The minimum absolute atomic E-state index is 0.0270. The van der Waals surface area contributed by atoms with Crippen LogP contribution in [0.4, 0.5) is 0 Å². The molecular weight excluding hydrogens is 452 g/mol. The van der Waals surface area contributed by atoms with Gasteiger partial charge in [-0.2, -0.15) is 5.10 Å². The first-order chi connectivity index (χ1) is 16.5. The van der Waals surface area contributed by atoms with Crippen molar-refractivity contribution < 1.29 is 13.9 Å². The average Bonchev–Trinajstić information content (AvgIpc) is 3.36. The molecule has 8 nitrogen and oxygen atoms in total. The molecule has 0 fully saturated rings. The highest BCUT2D eigenvalue weighted by atomic mass is 32.2. The molecule has 0 radical (unpaired) electrons. The highest BCUT2D eigenvalue weighted by Gasteiger charge is 2.15. The number of hydrogen-bond donors (Lipinski definition) is 1. The Balaban J connectivity index is 1.53. The Morgan fingerprint density at radius 2 is 1.97 bits per heavy atom. The lowest BCUT2D eigenvalue weighted by Crippen LogP contribution is -2.24. The maximum atomic E-state index is 13.3. The van der Waals surface area contributed by atoms with Gasteiger partial charge in [0.1, 0.15) is 11.5 Å². The summed E-state index contributed by atoms with van der Waals surface area (Å²) in [4.78, 5) is 30.3. The second kappa shape index (κ2) is 10.7. The van der Waals surface area contributed by atoms with Crippen LogP contribution in [0.5, 0.6) is 5.75 Å². The monoisotopic (exact) mass is 474 g/mol. The Morgan fingerprint density at radius 1 is 1.18 bits per heavy atom. The number of nitrogens with zero attached hydrogens (tertiary/aromatic N) is 3. The van der Waals surface area contributed by atoms with Gasteiger partial charge in [0.05, 0.1) is 41.9 Å². The summed E-state index contributed by atoms with van der Waals surface area (Å²) in [6, 6.07) is 17.8. The van der Waals surface area contributed by atoms with E-state index in [-0.39, 0.29) is 17.2 Å². The summed E-state index contributed by atoms with van der Waals surface area (Å²) in [5.41, 5.74) is 4.29. The summed E-state index contributed by atoms with van der Waals surface area (Å²) in [7, 11) is 1.58. The number of allylic oxidation sites excluding steroid dienone is 1. The Labute approximate surface area is 200 Å². The molecule has 4 rings (SSSR count). The van der Waals surface area contributed by atoms with Gasteiger partial charge in [-0.05, 0) is 67.1 Å². The van der Waals surface area contributed by atoms with E-state index in [1.165, 1.54) is 10.8 Å². The molecule has 2 aromatic heterocycles. The first-order valence-corrected chi connectivity index (χ1v) is 11.4. The molecule has 0 atom stereocenters. The van der Waals surface area contributed by atoms with Gasteiger partial charge in [0, 0.05) is 0 Å². The van der Waals surface area contributed by atoms with E-state index >= 15 is 0 Å². The number of aromatic nitrogens is 2. The molecule has 1 N–H and O–H groups in total. The summed E-state index contributed by atoms with van der Waals surface area (Å²) in [6.07, 6.45) is 4.92. The number of furan rings is 1. The summed E-state index contributed by atoms with van der Waals surface area (Å²) >= 11 is 1.16. The SMILES string of the molecule is COc1ccc(-n2c(SCC(=O)N/N=C/C(C)=C\c3ccco3)nc3ccccc3c2=O)cc1. The van der Waals surface area contributed by atoms with Gasteiger partial charge in [0.15, 0.2) is 5.16 Å². The lowest BCUT2D eigenvalue weighted by atomic mass is 10.2. The van der Waals surface area contributed by atoms with E-state index in [9.17, 15) is 9.59 Å². The van der Waals surface area contributed by atoms with E-state index in [0.29, 0.717) is 33.3 Å². The minimum Gasteiger partial charge on any atom is -0.497 e. The van der Waals surface area contributed by atoms with Gasteiger partial charge in [-0.25, -0.2) is 10.4 Å². The zero-order valence-corrected chi connectivity index (χ0v) is 19.4. The molecule has 0 unspecified atom stereocenters. The molecule has 0 aliphatic heterocycles. The van der Waals surface area contributed by atoms with Crippen LogP contribution in [-0.2, 0) is 4.79 Å². The smallest absolute Gasteiger partial charge is 0.266 e. The molecular formula is C25H22N4O4S. The molecule has 0 saturated carbocycles. The van der Waals surface area contributed by atoms with Gasteiger partial charge in [-0.1, -0.05) is 23.9 Å². The number of methoxy groups -OCH3 is 1. The Bertz CT molecular complexity index is 1410. The number of fused-ring (bicyclic) bond motifs is 1. The van der Waals surface area contributed by atoms with Crippen molar-refractivity contribution in [3.63, 3.8) is 0 Å². The van der Waals surface area contributed by atoms with Crippen LogP contribution in [0.3, 0.4) is 0 Å². The molecule has 4 aromatic rings. The molecule has 0 bridgehead atoms. The van der Waals surface area contributed by atoms with Gasteiger partial charge >= 0.3 is 0 Å². The molecule has 2 aromatic carbocycles. The number of benzene rings is 2. The maximum Gasteiger partial charge on any atom is 0.266 e. The number of hydrogen-bond acceptors (Lipinski definition) is 7.